The molecule has 0 bridgehead atoms. The molecule has 4 rings (SSSR count). The van der Waals surface area contributed by atoms with Crippen molar-refractivity contribution in [2.75, 3.05) is 43.9 Å². The number of anilines is 1. The Kier molecular flexibility index (Phi) is 10.9. The minimum atomic E-state index is -3.30. The van der Waals surface area contributed by atoms with Crippen LogP contribution in [0, 0.1) is 0 Å². The average Bonchev–Trinajstić information content (AvgIpc) is 3.28. The number of cyclic esters (lactones) is 1. The Morgan fingerprint density at radius 1 is 1.00 bits per heavy atom. The van der Waals surface area contributed by atoms with Crippen LogP contribution in [0.5, 0.6) is 5.75 Å². The summed E-state index contributed by atoms with van der Waals surface area (Å²) in [7, 11) is -3.30. The van der Waals surface area contributed by atoms with Gasteiger partial charge >= 0.3 is 6.09 Å². The largest absolute Gasteiger partial charge is 0.463 e. The standard InChI is InChI=1S/C30H42N2O8S/c1-30(2)38-22-25-19-24(12-13-27(25)40-30)28-20-32(29(33)39-28)14-7-5-4-6-8-15-36-16-17-37-21-23-10-9-11-26(18-23)31-41(3,34)35/h9-13,18-19,28,31H,4-8,14-17,20-22H2,1-3H3. The zero-order valence-electron chi connectivity index (χ0n) is 24.2. The summed E-state index contributed by atoms with van der Waals surface area (Å²) in [6.07, 6.45) is 5.73. The van der Waals surface area contributed by atoms with Gasteiger partial charge in [-0.25, -0.2) is 13.2 Å². The topological polar surface area (TPSA) is 113 Å². The highest BCUT2D eigenvalue weighted by atomic mass is 32.2. The summed E-state index contributed by atoms with van der Waals surface area (Å²) in [4.78, 5) is 14.2. The molecule has 0 spiro atoms. The van der Waals surface area contributed by atoms with Crippen LogP contribution in [0.4, 0.5) is 10.5 Å². The second-order valence-electron chi connectivity index (χ2n) is 11.0. The van der Waals surface area contributed by atoms with Crippen LogP contribution in [0.3, 0.4) is 0 Å². The molecule has 10 nitrogen and oxygen atoms in total. The molecule has 0 aromatic heterocycles. The van der Waals surface area contributed by atoms with Gasteiger partial charge in [0.15, 0.2) is 0 Å². The minimum Gasteiger partial charge on any atom is -0.463 e. The maximum absolute atomic E-state index is 12.4. The number of sulfonamides is 1. The molecule has 0 saturated carbocycles. The van der Waals surface area contributed by atoms with Crippen LogP contribution >= 0.6 is 0 Å². The van der Waals surface area contributed by atoms with Crippen molar-refractivity contribution in [2.45, 2.75) is 71.1 Å². The number of nitrogens with zero attached hydrogens (tertiary/aromatic N) is 1. The summed E-state index contributed by atoms with van der Waals surface area (Å²) >= 11 is 0. The Hall–Kier alpha value is -2.86. The van der Waals surface area contributed by atoms with Gasteiger partial charge in [-0.15, -0.1) is 0 Å². The van der Waals surface area contributed by atoms with Gasteiger partial charge in [0.2, 0.25) is 15.8 Å². The number of ether oxygens (including phenoxy) is 5. The molecule has 2 aromatic carbocycles. The number of carbonyl (C=O) groups excluding carboxylic acids is 1. The van der Waals surface area contributed by atoms with Crippen molar-refractivity contribution in [3.63, 3.8) is 0 Å². The van der Waals surface area contributed by atoms with E-state index in [1.54, 1.807) is 23.1 Å². The lowest BCUT2D eigenvalue weighted by Gasteiger charge is -2.32. The van der Waals surface area contributed by atoms with Crippen LogP contribution in [0.2, 0.25) is 0 Å². The molecule has 11 heteroatoms. The lowest BCUT2D eigenvalue weighted by atomic mass is 10.0. The molecule has 41 heavy (non-hydrogen) atoms. The molecule has 1 saturated heterocycles. The molecule has 1 N–H and O–H groups in total. The first-order chi connectivity index (χ1) is 19.6. The highest BCUT2D eigenvalue weighted by Crippen LogP contribution is 2.35. The molecular formula is C30H42N2O8S. The van der Waals surface area contributed by atoms with E-state index in [4.69, 9.17) is 23.7 Å². The van der Waals surface area contributed by atoms with Crippen molar-refractivity contribution in [3.8, 4) is 5.75 Å². The summed E-state index contributed by atoms with van der Waals surface area (Å²) in [6.45, 7) is 7.58. The summed E-state index contributed by atoms with van der Waals surface area (Å²) in [5, 5.41) is 0. The third-order valence-corrected chi connectivity index (χ3v) is 7.47. The van der Waals surface area contributed by atoms with Crippen molar-refractivity contribution in [2.24, 2.45) is 0 Å². The molecular weight excluding hydrogens is 548 g/mol. The number of hydrogen-bond donors (Lipinski definition) is 1. The minimum absolute atomic E-state index is 0.254. The van der Waals surface area contributed by atoms with Crippen molar-refractivity contribution in [1.82, 2.24) is 4.90 Å². The third-order valence-electron chi connectivity index (χ3n) is 6.86. The fourth-order valence-electron chi connectivity index (χ4n) is 4.81. The number of fused-ring (bicyclic) bond motifs is 1. The van der Waals surface area contributed by atoms with E-state index in [0.29, 0.717) is 51.8 Å². The van der Waals surface area contributed by atoms with Gasteiger partial charge in [0.05, 0.1) is 39.2 Å². The number of nitrogens with one attached hydrogen (secondary N) is 1. The lowest BCUT2D eigenvalue weighted by molar-refractivity contribution is -0.180. The van der Waals surface area contributed by atoms with E-state index in [1.165, 1.54) is 0 Å². The van der Waals surface area contributed by atoms with Gasteiger partial charge in [0.25, 0.3) is 0 Å². The van der Waals surface area contributed by atoms with Crippen LogP contribution in [-0.2, 0) is 42.2 Å². The number of benzene rings is 2. The van der Waals surface area contributed by atoms with Gasteiger partial charge in [-0.2, -0.15) is 0 Å². The van der Waals surface area contributed by atoms with Crippen LogP contribution in [0.25, 0.3) is 0 Å². The quantitative estimate of drug-likeness (QED) is 0.259. The Balaban J connectivity index is 1.01. The molecule has 1 amide bonds. The predicted molar refractivity (Wildman–Crippen MR) is 155 cm³/mol. The van der Waals surface area contributed by atoms with E-state index in [0.717, 1.165) is 60.8 Å². The van der Waals surface area contributed by atoms with E-state index in [2.05, 4.69) is 4.72 Å². The zero-order valence-corrected chi connectivity index (χ0v) is 25.0. The molecule has 2 aliphatic heterocycles. The van der Waals surface area contributed by atoms with Gasteiger partial charge in [-0.05, 0) is 48.2 Å². The van der Waals surface area contributed by atoms with Gasteiger partial charge in [-0.1, -0.05) is 37.5 Å². The summed E-state index contributed by atoms with van der Waals surface area (Å²) in [5.41, 5.74) is 3.35. The van der Waals surface area contributed by atoms with Crippen LogP contribution < -0.4 is 9.46 Å². The normalized spacial score (nSPS) is 18.1. The van der Waals surface area contributed by atoms with Crippen LogP contribution in [-0.4, -0.2) is 64.4 Å². The maximum Gasteiger partial charge on any atom is 0.410 e. The highest BCUT2D eigenvalue weighted by Gasteiger charge is 2.33. The van der Waals surface area contributed by atoms with Gasteiger partial charge in [0.1, 0.15) is 11.9 Å². The first-order valence-corrected chi connectivity index (χ1v) is 16.1. The first-order valence-electron chi connectivity index (χ1n) is 14.2. The fraction of sp³-hybridized carbons (Fsp3) is 0.567. The van der Waals surface area contributed by atoms with Crippen LogP contribution in [0.1, 0.15) is 68.7 Å². The molecule has 1 fully saturated rings. The highest BCUT2D eigenvalue weighted by molar-refractivity contribution is 7.92. The van der Waals surface area contributed by atoms with Gasteiger partial charge in [-0.3, -0.25) is 4.72 Å². The molecule has 0 radical (unpaired) electrons. The number of carbonyl (C=O) groups is 1. The Bertz CT molecular complexity index is 1270. The van der Waals surface area contributed by atoms with Crippen molar-refractivity contribution in [3.05, 3.63) is 59.2 Å². The molecule has 2 aliphatic rings. The molecule has 1 unspecified atom stereocenters. The number of rotatable bonds is 16. The molecule has 1 atom stereocenters. The number of hydrogen-bond acceptors (Lipinski definition) is 8. The smallest absolute Gasteiger partial charge is 0.410 e. The van der Waals surface area contributed by atoms with E-state index < -0.39 is 15.8 Å². The predicted octanol–water partition coefficient (Wildman–Crippen LogP) is 5.38. The second kappa shape index (κ2) is 14.4. The zero-order chi connectivity index (χ0) is 29.3. The van der Waals surface area contributed by atoms with Crippen molar-refractivity contribution >= 4 is 21.8 Å². The van der Waals surface area contributed by atoms with E-state index in [-0.39, 0.29) is 12.2 Å². The fourth-order valence-corrected chi connectivity index (χ4v) is 5.36. The average molecular weight is 591 g/mol. The number of unbranched alkanes of at least 4 members (excludes halogenated alkanes) is 4. The first kappa shape index (κ1) is 31.1. The SMILES string of the molecule is CC1(C)OCc2cc(C3CN(CCCCCCCOCCOCc4cccc(NS(C)(=O)=O)c4)C(=O)O3)ccc2O1. The summed E-state index contributed by atoms with van der Waals surface area (Å²) < 4.78 is 53.7. The van der Waals surface area contributed by atoms with Gasteiger partial charge in [0, 0.05) is 38.2 Å². The monoisotopic (exact) mass is 590 g/mol. The van der Waals surface area contributed by atoms with E-state index in [9.17, 15) is 13.2 Å². The second-order valence-corrected chi connectivity index (χ2v) is 12.7. The number of amides is 1. The van der Waals surface area contributed by atoms with E-state index >= 15 is 0 Å². The Labute approximate surface area is 243 Å². The summed E-state index contributed by atoms with van der Waals surface area (Å²) in [6, 6.07) is 13.1. The van der Waals surface area contributed by atoms with E-state index in [1.807, 2.05) is 38.1 Å². The lowest BCUT2D eigenvalue weighted by Crippen LogP contribution is -2.35. The molecule has 226 valence electrons. The molecule has 0 aliphatic carbocycles. The maximum atomic E-state index is 12.4. The molecule has 2 heterocycles. The Morgan fingerprint density at radius 2 is 1.78 bits per heavy atom. The summed E-state index contributed by atoms with van der Waals surface area (Å²) in [5.74, 6) is 0.181. The third kappa shape index (κ3) is 10.2. The van der Waals surface area contributed by atoms with Gasteiger partial charge < -0.3 is 28.6 Å². The van der Waals surface area contributed by atoms with Crippen molar-refractivity contribution in [1.29, 1.82) is 0 Å². The van der Waals surface area contributed by atoms with Crippen molar-refractivity contribution < 1.29 is 36.9 Å². The molecule has 2 aromatic rings. The van der Waals surface area contributed by atoms with Crippen LogP contribution in [0.15, 0.2) is 42.5 Å². The Morgan fingerprint density at radius 3 is 2.61 bits per heavy atom.